The van der Waals surface area contributed by atoms with Gasteiger partial charge in [0, 0.05) is 11.3 Å². The van der Waals surface area contributed by atoms with Crippen molar-refractivity contribution in [3.05, 3.63) is 11.9 Å². The van der Waals surface area contributed by atoms with Crippen molar-refractivity contribution in [2.75, 3.05) is 0 Å². The van der Waals surface area contributed by atoms with E-state index in [0.29, 0.717) is 25.7 Å². The first kappa shape index (κ1) is 9.90. The molecule has 1 saturated carbocycles. The van der Waals surface area contributed by atoms with E-state index in [1.54, 1.807) is 0 Å². The Kier molecular flexibility index (Phi) is 3.44. The van der Waals surface area contributed by atoms with Gasteiger partial charge in [-0.1, -0.05) is 0 Å². The average molecular weight is 199 g/mol. The Morgan fingerprint density at radius 3 is 1.92 bits per heavy atom. The molecule has 4 heteroatoms. The first-order chi connectivity index (χ1) is 5.61. The van der Waals surface area contributed by atoms with Gasteiger partial charge in [0.15, 0.2) is 5.83 Å². The molecule has 0 atom stereocenters. The van der Waals surface area contributed by atoms with Gasteiger partial charge >= 0.3 is 6.08 Å². The van der Waals surface area contributed by atoms with Crippen LogP contribution in [-0.4, -0.2) is 5.38 Å². The fraction of sp³-hybridized carbons (Fsp3) is 0.750. The first-order valence-electron chi connectivity index (χ1n) is 3.96. The van der Waals surface area contributed by atoms with Crippen molar-refractivity contribution < 1.29 is 13.2 Å². The highest BCUT2D eigenvalue weighted by Crippen LogP contribution is 2.34. The lowest BCUT2D eigenvalue weighted by atomic mass is 9.88. The van der Waals surface area contributed by atoms with Gasteiger partial charge < -0.3 is 0 Å². The molecule has 70 valence electrons. The summed E-state index contributed by atoms with van der Waals surface area (Å²) >= 11 is 5.74. The molecule has 0 aromatic heterocycles. The van der Waals surface area contributed by atoms with Crippen molar-refractivity contribution in [1.82, 2.24) is 0 Å². The summed E-state index contributed by atoms with van der Waals surface area (Å²) < 4.78 is 36.2. The Balaban J connectivity index is 2.50. The maximum absolute atomic E-state index is 12.6. The fourth-order valence-electron chi connectivity index (χ4n) is 1.46. The van der Waals surface area contributed by atoms with Crippen molar-refractivity contribution in [1.29, 1.82) is 0 Å². The molecule has 1 aliphatic carbocycles. The Morgan fingerprint density at radius 1 is 1.00 bits per heavy atom. The molecule has 12 heavy (non-hydrogen) atoms. The highest BCUT2D eigenvalue weighted by Gasteiger charge is 2.25. The smallest absolute Gasteiger partial charge is 0.206 e. The zero-order valence-corrected chi connectivity index (χ0v) is 7.25. The van der Waals surface area contributed by atoms with E-state index in [1.165, 1.54) is 0 Å². The van der Waals surface area contributed by atoms with Gasteiger partial charge in [0.2, 0.25) is 0 Å². The summed E-state index contributed by atoms with van der Waals surface area (Å²) in [6.45, 7) is 0. The van der Waals surface area contributed by atoms with Crippen LogP contribution in [0.25, 0.3) is 0 Å². The molecule has 1 aliphatic rings. The van der Waals surface area contributed by atoms with E-state index < -0.39 is 17.8 Å². The minimum atomic E-state index is -2.17. The van der Waals surface area contributed by atoms with Crippen LogP contribution < -0.4 is 0 Å². The highest BCUT2D eigenvalue weighted by atomic mass is 35.5. The van der Waals surface area contributed by atoms with E-state index in [4.69, 9.17) is 11.6 Å². The lowest BCUT2D eigenvalue weighted by Crippen LogP contribution is -2.14. The lowest BCUT2D eigenvalue weighted by Gasteiger charge is -2.22. The third-order valence-electron chi connectivity index (χ3n) is 2.20. The summed E-state index contributed by atoms with van der Waals surface area (Å²) in [4.78, 5) is 0. The minimum Gasteiger partial charge on any atom is -0.206 e. The van der Waals surface area contributed by atoms with E-state index in [1.807, 2.05) is 0 Å². The van der Waals surface area contributed by atoms with Crippen LogP contribution in [0.5, 0.6) is 0 Å². The monoisotopic (exact) mass is 198 g/mol. The zero-order valence-electron chi connectivity index (χ0n) is 6.49. The molecule has 0 bridgehead atoms. The highest BCUT2D eigenvalue weighted by molar-refractivity contribution is 6.20. The summed E-state index contributed by atoms with van der Waals surface area (Å²) in [5, 5.41) is 0.0386. The summed E-state index contributed by atoms with van der Waals surface area (Å²) in [5.74, 6) is -1.83. The molecule has 0 aromatic rings. The standard InChI is InChI=1S/C8H10ClF3/c9-6-3-1-5(2-4-6)7(10)8(11)12/h5-6H,1-4H2/t5-,6-. The maximum atomic E-state index is 12.6. The topological polar surface area (TPSA) is 0 Å². The SMILES string of the molecule is FC(F)=C(F)[C@H]1CC[C@H](Cl)CC1. The fourth-order valence-corrected chi connectivity index (χ4v) is 1.71. The van der Waals surface area contributed by atoms with Gasteiger partial charge in [0.05, 0.1) is 0 Å². The molecule has 0 spiro atoms. The number of allylic oxidation sites excluding steroid dienone is 1. The summed E-state index contributed by atoms with van der Waals surface area (Å²) in [6, 6.07) is 0. The van der Waals surface area contributed by atoms with Gasteiger partial charge in [-0.05, 0) is 25.7 Å². The predicted molar refractivity (Wildman–Crippen MR) is 41.9 cm³/mol. The van der Waals surface area contributed by atoms with E-state index in [9.17, 15) is 13.2 Å². The Labute approximate surface area is 74.4 Å². The molecule has 0 amide bonds. The van der Waals surface area contributed by atoms with Crippen LogP contribution in [0.4, 0.5) is 13.2 Å². The van der Waals surface area contributed by atoms with Crippen molar-refractivity contribution in [2.45, 2.75) is 31.1 Å². The van der Waals surface area contributed by atoms with Crippen LogP contribution in [0, 0.1) is 5.92 Å². The Hall–Kier alpha value is -0.180. The second-order valence-corrected chi connectivity index (χ2v) is 3.67. The van der Waals surface area contributed by atoms with Crippen LogP contribution in [0.3, 0.4) is 0 Å². The average Bonchev–Trinajstić information content (AvgIpc) is 2.04. The molecule has 0 aromatic carbocycles. The number of alkyl halides is 1. The molecule has 0 N–H and O–H groups in total. The third kappa shape index (κ3) is 2.41. The molecule has 0 unspecified atom stereocenters. The van der Waals surface area contributed by atoms with Gasteiger partial charge in [-0.15, -0.1) is 11.6 Å². The van der Waals surface area contributed by atoms with Gasteiger partial charge in [-0.25, -0.2) is 4.39 Å². The molecular weight excluding hydrogens is 189 g/mol. The molecule has 1 rings (SSSR count). The number of halogens is 4. The van der Waals surface area contributed by atoms with Crippen LogP contribution in [0.2, 0.25) is 0 Å². The largest absolute Gasteiger partial charge is 0.301 e. The maximum Gasteiger partial charge on any atom is 0.301 e. The summed E-state index contributed by atoms with van der Waals surface area (Å²) in [7, 11) is 0. The lowest BCUT2D eigenvalue weighted by molar-refractivity contribution is 0.297. The van der Waals surface area contributed by atoms with Crippen LogP contribution in [0.15, 0.2) is 11.9 Å². The molecule has 0 nitrogen and oxygen atoms in total. The quantitative estimate of drug-likeness (QED) is 0.562. The van der Waals surface area contributed by atoms with E-state index in [-0.39, 0.29) is 5.38 Å². The normalized spacial score (nSPS) is 30.0. The van der Waals surface area contributed by atoms with Crippen molar-refractivity contribution in [3.63, 3.8) is 0 Å². The Bertz CT molecular complexity index is 179. The van der Waals surface area contributed by atoms with E-state index in [0.717, 1.165) is 0 Å². The van der Waals surface area contributed by atoms with Gasteiger partial charge in [0.1, 0.15) is 0 Å². The summed E-state index contributed by atoms with van der Waals surface area (Å²) in [5.41, 5.74) is 0. The van der Waals surface area contributed by atoms with Crippen molar-refractivity contribution >= 4 is 11.6 Å². The molecular formula is C8H10ClF3. The zero-order chi connectivity index (χ0) is 9.14. The molecule has 0 aliphatic heterocycles. The summed E-state index contributed by atoms with van der Waals surface area (Å²) in [6.07, 6.45) is -0.0258. The second-order valence-electron chi connectivity index (χ2n) is 3.06. The van der Waals surface area contributed by atoms with Gasteiger partial charge in [-0.3, -0.25) is 0 Å². The molecule has 0 radical (unpaired) electrons. The molecule has 0 heterocycles. The predicted octanol–water partition coefficient (Wildman–Crippen LogP) is 3.86. The molecule has 0 saturated heterocycles. The van der Waals surface area contributed by atoms with Crippen LogP contribution >= 0.6 is 11.6 Å². The van der Waals surface area contributed by atoms with Gasteiger partial charge in [-0.2, -0.15) is 8.78 Å². The van der Waals surface area contributed by atoms with Crippen LogP contribution in [0.1, 0.15) is 25.7 Å². The minimum absolute atomic E-state index is 0.0386. The number of rotatable bonds is 1. The van der Waals surface area contributed by atoms with Crippen LogP contribution in [-0.2, 0) is 0 Å². The number of hydrogen-bond donors (Lipinski definition) is 0. The third-order valence-corrected chi connectivity index (χ3v) is 2.63. The van der Waals surface area contributed by atoms with Crippen molar-refractivity contribution in [2.24, 2.45) is 5.92 Å². The Morgan fingerprint density at radius 2 is 1.50 bits per heavy atom. The first-order valence-corrected chi connectivity index (χ1v) is 4.39. The van der Waals surface area contributed by atoms with Crippen molar-refractivity contribution in [3.8, 4) is 0 Å². The number of hydrogen-bond acceptors (Lipinski definition) is 0. The van der Waals surface area contributed by atoms with Gasteiger partial charge in [0.25, 0.3) is 0 Å². The second kappa shape index (κ2) is 4.17. The molecule has 1 fully saturated rings. The van der Waals surface area contributed by atoms with E-state index >= 15 is 0 Å². The van der Waals surface area contributed by atoms with E-state index in [2.05, 4.69) is 0 Å².